The molecule has 10 nitrogen and oxygen atoms in total. The van der Waals surface area contributed by atoms with E-state index in [1.807, 2.05) is 0 Å². The summed E-state index contributed by atoms with van der Waals surface area (Å²) < 4.78 is 32.0. The zero-order chi connectivity index (χ0) is 24.2. The standard InChI is InChI=1S/C22H25N3O7S/c1-15-6-7-17(14-20(15)25(28)29)22(27)32-16(2)21(26)23-18-8-10-19(11-9-18)33(30,31)24-12-4-3-5-13-24/h6-11,14,16H,3-5,12-13H2,1-2H3,(H,23,26)/t16-/m1/s1. The Hall–Kier alpha value is -3.31. The number of piperidine rings is 1. The summed E-state index contributed by atoms with van der Waals surface area (Å²) in [6.07, 6.45) is 1.50. The van der Waals surface area contributed by atoms with Crippen molar-refractivity contribution < 1.29 is 27.7 Å². The molecule has 3 rings (SSSR count). The average molecular weight is 476 g/mol. The number of aryl methyl sites for hydroxylation is 1. The molecule has 1 aliphatic heterocycles. The van der Waals surface area contributed by atoms with Crippen molar-refractivity contribution in [1.82, 2.24) is 4.31 Å². The first-order valence-electron chi connectivity index (χ1n) is 10.5. The van der Waals surface area contributed by atoms with Crippen LogP contribution in [0, 0.1) is 17.0 Å². The van der Waals surface area contributed by atoms with Gasteiger partial charge in [0.05, 0.1) is 15.4 Å². The van der Waals surface area contributed by atoms with E-state index in [1.165, 1.54) is 47.6 Å². The van der Waals surface area contributed by atoms with E-state index in [0.717, 1.165) is 25.3 Å². The van der Waals surface area contributed by atoms with E-state index in [-0.39, 0.29) is 16.1 Å². The number of hydrogen-bond acceptors (Lipinski definition) is 7. The average Bonchev–Trinajstić information content (AvgIpc) is 2.80. The highest BCUT2D eigenvalue weighted by molar-refractivity contribution is 7.89. The lowest BCUT2D eigenvalue weighted by Crippen LogP contribution is -2.35. The van der Waals surface area contributed by atoms with Crippen LogP contribution < -0.4 is 5.32 Å². The Bertz CT molecular complexity index is 1160. The monoisotopic (exact) mass is 475 g/mol. The second-order valence-electron chi connectivity index (χ2n) is 7.78. The summed E-state index contributed by atoms with van der Waals surface area (Å²) in [5.41, 5.74) is 0.472. The van der Waals surface area contributed by atoms with Crippen LogP contribution in [0.2, 0.25) is 0 Å². The first-order valence-corrected chi connectivity index (χ1v) is 11.9. The van der Waals surface area contributed by atoms with Crippen molar-refractivity contribution in [3.05, 3.63) is 63.7 Å². The van der Waals surface area contributed by atoms with Gasteiger partial charge in [-0.25, -0.2) is 13.2 Å². The van der Waals surface area contributed by atoms with Gasteiger partial charge in [0, 0.05) is 30.4 Å². The Morgan fingerprint density at radius 3 is 2.33 bits per heavy atom. The number of amides is 1. The highest BCUT2D eigenvalue weighted by Crippen LogP contribution is 2.23. The summed E-state index contributed by atoms with van der Waals surface area (Å²) >= 11 is 0. The lowest BCUT2D eigenvalue weighted by atomic mass is 10.1. The zero-order valence-corrected chi connectivity index (χ0v) is 19.1. The third-order valence-corrected chi connectivity index (χ3v) is 7.28. The topological polar surface area (TPSA) is 136 Å². The van der Waals surface area contributed by atoms with Crippen molar-refractivity contribution in [3.63, 3.8) is 0 Å². The summed E-state index contributed by atoms with van der Waals surface area (Å²) in [5, 5.41) is 13.6. The predicted octanol–water partition coefficient (Wildman–Crippen LogP) is 3.26. The summed E-state index contributed by atoms with van der Waals surface area (Å²) in [6, 6.07) is 9.68. The first-order chi connectivity index (χ1) is 15.6. The Morgan fingerprint density at radius 2 is 1.73 bits per heavy atom. The minimum atomic E-state index is -3.58. The highest BCUT2D eigenvalue weighted by atomic mass is 32.2. The second-order valence-corrected chi connectivity index (χ2v) is 9.72. The lowest BCUT2D eigenvalue weighted by Gasteiger charge is -2.25. The van der Waals surface area contributed by atoms with E-state index in [0.29, 0.717) is 24.3 Å². The first kappa shape index (κ1) is 24.3. The molecule has 1 N–H and O–H groups in total. The Balaban J connectivity index is 1.62. The molecule has 1 heterocycles. The second kappa shape index (κ2) is 10.1. The normalized spacial score (nSPS) is 15.5. The Labute approximate surface area is 191 Å². The quantitative estimate of drug-likeness (QED) is 0.369. The van der Waals surface area contributed by atoms with Crippen LogP contribution in [-0.2, 0) is 19.6 Å². The summed E-state index contributed by atoms with van der Waals surface area (Å²) in [5.74, 6) is -1.50. The van der Waals surface area contributed by atoms with Crippen molar-refractivity contribution in [3.8, 4) is 0 Å². The van der Waals surface area contributed by atoms with E-state index in [2.05, 4.69) is 5.32 Å². The van der Waals surface area contributed by atoms with Crippen LogP contribution in [0.3, 0.4) is 0 Å². The van der Waals surface area contributed by atoms with Crippen molar-refractivity contribution in [2.24, 2.45) is 0 Å². The molecular formula is C22H25N3O7S. The van der Waals surface area contributed by atoms with Crippen LogP contribution in [0.15, 0.2) is 47.4 Å². The number of rotatable bonds is 7. The largest absolute Gasteiger partial charge is 0.449 e. The van der Waals surface area contributed by atoms with Gasteiger partial charge >= 0.3 is 5.97 Å². The number of nitro benzene ring substituents is 1. The molecule has 1 amide bonds. The Morgan fingerprint density at radius 1 is 1.09 bits per heavy atom. The molecule has 0 radical (unpaired) electrons. The van der Waals surface area contributed by atoms with Crippen molar-refractivity contribution >= 4 is 33.3 Å². The van der Waals surface area contributed by atoms with Crippen LogP contribution in [0.25, 0.3) is 0 Å². The van der Waals surface area contributed by atoms with Gasteiger partial charge in [0.2, 0.25) is 10.0 Å². The summed E-state index contributed by atoms with van der Waals surface area (Å²) in [7, 11) is -3.58. The van der Waals surface area contributed by atoms with Gasteiger partial charge in [-0.15, -0.1) is 0 Å². The number of hydrogen-bond donors (Lipinski definition) is 1. The number of ether oxygens (including phenoxy) is 1. The number of carbonyl (C=O) groups is 2. The molecule has 0 bridgehead atoms. The fourth-order valence-corrected chi connectivity index (χ4v) is 4.94. The smallest absolute Gasteiger partial charge is 0.339 e. The zero-order valence-electron chi connectivity index (χ0n) is 18.3. The van der Waals surface area contributed by atoms with E-state index in [4.69, 9.17) is 4.74 Å². The van der Waals surface area contributed by atoms with Gasteiger partial charge in [-0.05, 0) is 57.0 Å². The van der Waals surface area contributed by atoms with Crippen LogP contribution in [0.1, 0.15) is 42.1 Å². The number of nitro groups is 1. The SMILES string of the molecule is Cc1ccc(C(=O)O[C@H](C)C(=O)Nc2ccc(S(=O)(=O)N3CCCCC3)cc2)cc1[N+](=O)[O-]. The van der Waals surface area contributed by atoms with Gasteiger partial charge in [0.15, 0.2) is 6.10 Å². The predicted molar refractivity (Wildman–Crippen MR) is 120 cm³/mol. The molecule has 0 spiro atoms. The van der Waals surface area contributed by atoms with Gasteiger partial charge in [-0.3, -0.25) is 14.9 Å². The molecular weight excluding hydrogens is 450 g/mol. The molecule has 0 saturated carbocycles. The minimum Gasteiger partial charge on any atom is -0.449 e. The molecule has 1 atom stereocenters. The fourth-order valence-electron chi connectivity index (χ4n) is 3.42. The molecule has 2 aromatic rings. The van der Waals surface area contributed by atoms with Crippen molar-refractivity contribution in [2.75, 3.05) is 18.4 Å². The fraction of sp³-hybridized carbons (Fsp3) is 0.364. The summed E-state index contributed by atoms with van der Waals surface area (Å²) in [4.78, 5) is 35.3. The molecule has 176 valence electrons. The molecule has 1 fully saturated rings. The van der Waals surface area contributed by atoms with E-state index in [9.17, 15) is 28.1 Å². The molecule has 0 aromatic heterocycles. The molecule has 0 unspecified atom stereocenters. The van der Waals surface area contributed by atoms with Crippen LogP contribution in [0.5, 0.6) is 0 Å². The maximum atomic E-state index is 12.7. The molecule has 33 heavy (non-hydrogen) atoms. The summed E-state index contributed by atoms with van der Waals surface area (Å²) in [6.45, 7) is 3.90. The van der Waals surface area contributed by atoms with Gasteiger partial charge in [0.25, 0.3) is 11.6 Å². The number of esters is 1. The maximum absolute atomic E-state index is 12.7. The van der Waals surface area contributed by atoms with Crippen LogP contribution >= 0.6 is 0 Å². The van der Waals surface area contributed by atoms with Crippen LogP contribution in [0.4, 0.5) is 11.4 Å². The Kier molecular flexibility index (Phi) is 7.44. The third-order valence-electron chi connectivity index (χ3n) is 5.37. The van der Waals surface area contributed by atoms with Gasteiger partial charge in [0.1, 0.15) is 0 Å². The van der Waals surface area contributed by atoms with E-state index in [1.54, 1.807) is 6.92 Å². The molecule has 11 heteroatoms. The highest BCUT2D eigenvalue weighted by Gasteiger charge is 2.26. The third kappa shape index (κ3) is 5.74. The number of nitrogens with zero attached hydrogens (tertiary/aromatic N) is 2. The molecule has 1 aliphatic rings. The number of carbonyl (C=O) groups excluding carboxylic acids is 2. The molecule has 1 saturated heterocycles. The molecule has 2 aromatic carbocycles. The van der Waals surface area contributed by atoms with Gasteiger partial charge in [-0.2, -0.15) is 4.31 Å². The van der Waals surface area contributed by atoms with Crippen molar-refractivity contribution in [1.29, 1.82) is 0 Å². The number of sulfonamides is 1. The van der Waals surface area contributed by atoms with Crippen LogP contribution in [-0.4, -0.2) is 48.7 Å². The maximum Gasteiger partial charge on any atom is 0.339 e. The van der Waals surface area contributed by atoms with Gasteiger partial charge in [-0.1, -0.05) is 12.5 Å². The van der Waals surface area contributed by atoms with Crippen molar-refractivity contribution in [2.45, 2.75) is 44.1 Å². The van der Waals surface area contributed by atoms with E-state index >= 15 is 0 Å². The lowest BCUT2D eigenvalue weighted by molar-refractivity contribution is -0.385. The van der Waals surface area contributed by atoms with E-state index < -0.39 is 32.9 Å². The van der Waals surface area contributed by atoms with Gasteiger partial charge < -0.3 is 10.1 Å². The number of anilines is 1. The molecule has 0 aliphatic carbocycles. The number of nitrogens with one attached hydrogen (secondary N) is 1. The minimum absolute atomic E-state index is 0.0424. The number of benzene rings is 2.